The summed E-state index contributed by atoms with van der Waals surface area (Å²) in [6.45, 7) is 2.17. The van der Waals surface area contributed by atoms with Crippen molar-refractivity contribution in [1.29, 1.82) is 0 Å². The van der Waals surface area contributed by atoms with Crippen molar-refractivity contribution >= 4 is 28.0 Å². The smallest absolute Gasteiger partial charge is 0.353 e. The third-order valence-corrected chi connectivity index (χ3v) is 2.46. The molecule has 4 nitrogen and oxygen atoms in total. The van der Waals surface area contributed by atoms with Crippen LogP contribution < -0.4 is 0 Å². The second kappa shape index (κ2) is 3.26. The van der Waals surface area contributed by atoms with Crippen LogP contribution >= 0.6 is 11.3 Å². The fourth-order valence-electron chi connectivity index (χ4n) is 1.13. The Kier molecular flexibility index (Phi) is 2.10. The first-order valence-corrected chi connectivity index (χ1v) is 4.86. The lowest BCUT2D eigenvalue weighted by Gasteiger charge is -1.98. The second-order valence-electron chi connectivity index (χ2n) is 2.56. The zero-order chi connectivity index (χ0) is 9.26. The number of rotatable bonds is 2. The maximum atomic E-state index is 11.2. The predicted molar refractivity (Wildman–Crippen MR) is 49.5 cm³/mol. The number of aromatic nitrogens is 1. The molecule has 0 N–H and O–H groups in total. The first-order valence-electron chi connectivity index (χ1n) is 3.98. The van der Waals surface area contributed by atoms with Crippen molar-refractivity contribution in [2.45, 2.75) is 13.3 Å². The van der Waals surface area contributed by atoms with Gasteiger partial charge in [0, 0.05) is 6.42 Å². The van der Waals surface area contributed by atoms with E-state index in [1.54, 1.807) is 12.4 Å². The zero-order valence-electron chi connectivity index (χ0n) is 7.11. The third-order valence-electron chi connectivity index (χ3n) is 1.70. The first kappa shape index (κ1) is 8.37. The summed E-state index contributed by atoms with van der Waals surface area (Å²) in [6, 6.07) is 0. The molecule has 0 aliphatic carbocycles. The molecule has 2 heterocycles. The number of esters is 1. The van der Waals surface area contributed by atoms with E-state index in [2.05, 4.69) is 9.98 Å². The predicted octanol–water partition coefficient (Wildman–Crippen LogP) is 1.33. The Morgan fingerprint density at radius 2 is 2.62 bits per heavy atom. The Balaban J connectivity index is 2.14. The Morgan fingerprint density at radius 1 is 1.77 bits per heavy atom. The van der Waals surface area contributed by atoms with E-state index in [0.717, 1.165) is 10.7 Å². The van der Waals surface area contributed by atoms with Crippen LogP contribution in [0.5, 0.6) is 0 Å². The normalized spacial score (nSPS) is 13.8. The lowest BCUT2D eigenvalue weighted by molar-refractivity contribution is -0.135. The molecule has 0 radical (unpaired) electrons. The number of thiazole rings is 1. The van der Waals surface area contributed by atoms with Gasteiger partial charge < -0.3 is 4.74 Å². The minimum Gasteiger partial charge on any atom is -0.461 e. The maximum absolute atomic E-state index is 11.2. The molecule has 0 fully saturated rings. The summed E-state index contributed by atoms with van der Waals surface area (Å²) in [6.07, 6.45) is 0.512. The van der Waals surface area contributed by atoms with Gasteiger partial charge in [-0.3, -0.25) is 0 Å². The van der Waals surface area contributed by atoms with E-state index in [-0.39, 0.29) is 5.97 Å². The van der Waals surface area contributed by atoms with Crippen molar-refractivity contribution in [2.24, 2.45) is 4.99 Å². The van der Waals surface area contributed by atoms with Crippen molar-refractivity contribution in [3.8, 4) is 0 Å². The van der Waals surface area contributed by atoms with Gasteiger partial charge in [0.25, 0.3) is 0 Å². The van der Waals surface area contributed by atoms with E-state index in [9.17, 15) is 4.79 Å². The van der Waals surface area contributed by atoms with Gasteiger partial charge in [-0.25, -0.2) is 14.8 Å². The lowest BCUT2D eigenvalue weighted by Crippen LogP contribution is -2.17. The number of hydrogen-bond acceptors (Lipinski definition) is 5. The highest BCUT2D eigenvalue weighted by Gasteiger charge is 2.23. The van der Waals surface area contributed by atoms with Gasteiger partial charge in [0.2, 0.25) is 0 Å². The average Bonchev–Trinajstić information content (AvgIpc) is 2.61. The van der Waals surface area contributed by atoms with E-state index in [1.807, 2.05) is 0 Å². The van der Waals surface area contributed by atoms with Crippen LogP contribution in [0.15, 0.2) is 10.5 Å². The topological polar surface area (TPSA) is 51.5 Å². The molecule has 0 spiro atoms. The van der Waals surface area contributed by atoms with Crippen molar-refractivity contribution in [1.82, 2.24) is 4.98 Å². The Labute approximate surface area is 79.3 Å². The van der Waals surface area contributed by atoms with Gasteiger partial charge in [0.1, 0.15) is 10.7 Å². The average molecular weight is 196 g/mol. The molecule has 0 amide bonds. The van der Waals surface area contributed by atoms with Crippen LogP contribution in [0.1, 0.15) is 12.6 Å². The minimum absolute atomic E-state index is 0.326. The third kappa shape index (κ3) is 1.47. The highest BCUT2D eigenvalue weighted by atomic mass is 32.1. The molecule has 1 aliphatic rings. The molecule has 68 valence electrons. The largest absolute Gasteiger partial charge is 0.461 e. The molecule has 1 aromatic heterocycles. The maximum Gasteiger partial charge on any atom is 0.353 e. The van der Waals surface area contributed by atoms with Crippen LogP contribution in [0.4, 0.5) is 5.00 Å². The number of aliphatic imine (C=N–C) groups is 1. The van der Waals surface area contributed by atoms with Crippen molar-refractivity contribution < 1.29 is 9.53 Å². The van der Waals surface area contributed by atoms with Crippen LogP contribution in [0.25, 0.3) is 0 Å². The molecule has 1 aliphatic heterocycles. The van der Waals surface area contributed by atoms with E-state index >= 15 is 0 Å². The van der Waals surface area contributed by atoms with Gasteiger partial charge in [-0.1, -0.05) is 0 Å². The van der Waals surface area contributed by atoms with Crippen LogP contribution in [-0.2, 0) is 16.0 Å². The van der Waals surface area contributed by atoms with Crippen LogP contribution in [-0.4, -0.2) is 23.3 Å². The summed E-state index contributed by atoms with van der Waals surface area (Å²) in [4.78, 5) is 19.4. The van der Waals surface area contributed by atoms with Crippen molar-refractivity contribution in [2.75, 3.05) is 6.61 Å². The molecule has 5 heteroatoms. The van der Waals surface area contributed by atoms with Crippen LogP contribution in [0, 0.1) is 0 Å². The number of carbonyl (C=O) groups excluding carboxylic acids is 1. The fraction of sp³-hybridized carbons (Fsp3) is 0.375. The van der Waals surface area contributed by atoms with Crippen molar-refractivity contribution in [3.05, 3.63) is 11.2 Å². The molecule has 0 saturated heterocycles. The number of nitrogens with zero attached hydrogens (tertiary/aromatic N) is 2. The van der Waals surface area contributed by atoms with E-state index in [0.29, 0.717) is 18.7 Å². The van der Waals surface area contributed by atoms with Crippen LogP contribution in [0.2, 0.25) is 0 Å². The summed E-state index contributed by atoms with van der Waals surface area (Å²) in [7, 11) is 0. The summed E-state index contributed by atoms with van der Waals surface area (Å²) < 4.78 is 4.83. The Bertz CT molecular complexity index is 370. The quantitative estimate of drug-likeness (QED) is 0.670. The monoisotopic (exact) mass is 196 g/mol. The zero-order valence-corrected chi connectivity index (χ0v) is 7.93. The van der Waals surface area contributed by atoms with E-state index < -0.39 is 0 Å². The van der Waals surface area contributed by atoms with E-state index in [1.165, 1.54) is 11.3 Å². The molecule has 0 saturated carbocycles. The van der Waals surface area contributed by atoms with Gasteiger partial charge in [-0.15, -0.1) is 11.3 Å². The fourth-order valence-corrected chi connectivity index (χ4v) is 1.83. The van der Waals surface area contributed by atoms with Gasteiger partial charge in [0.05, 0.1) is 17.8 Å². The molecule has 0 unspecified atom stereocenters. The van der Waals surface area contributed by atoms with Gasteiger partial charge >= 0.3 is 5.97 Å². The van der Waals surface area contributed by atoms with Gasteiger partial charge in [0.15, 0.2) is 0 Å². The number of hydrogen-bond donors (Lipinski definition) is 0. The summed E-state index contributed by atoms with van der Waals surface area (Å²) in [5, 5.41) is 0.836. The molecule has 2 rings (SSSR count). The van der Waals surface area contributed by atoms with Crippen molar-refractivity contribution in [3.63, 3.8) is 0 Å². The number of fused-ring (bicyclic) bond motifs is 1. The highest BCUT2D eigenvalue weighted by molar-refractivity contribution is 7.13. The molecule has 0 aromatic carbocycles. The Morgan fingerprint density at radius 3 is 3.31 bits per heavy atom. The van der Waals surface area contributed by atoms with Gasteiger partial charge in [-0.2, -0.15) is 0 Å². The molecule has 1 aromatic rings. The van der Waals surface area contributed by atoms with E-state index in [4.69, 9.17) is 4.74 Å². The molecule has 0 atom stereocenters. The summed E-state index contributed by atoms with van der Waals surface area (Å²) >= 11 is 1.44. The number of carbonyl (C=O) groups is 1. The van der Waals surface area contributed by atoms with Gasteiger partial charge in [-0.05, 0) is 6.92 Å². The molecule has 0 bridgehead atoms. The number of ether oxygens (including phenoxy) is 1. The molecular weight excluding hydrogens is 188 g/mol. The minimum atomic E-state index is -0.326. The van der Waals surface area contributed by atoms with Crippen LogP contribution in [0.3, 0.4) is 0 Å². The molecule has 13 heavy (non-hydrogen) atoms. The summed E-state index contributed by atoms with van der Waals surface area (Å²) in [5.41, 5.74) is 3.08. The first-order chi connectivity index (χ1) is 6.31. The molecular formula is C8H8N2O2S. The lowest BCUT2D eigenvalue weighted by atomic mass is 10.2. The summed E-state index contributed by atoms with van der Waals surface area (Å²) in [5.74, 6) is -0.326. The highest BCUT2D eigenvalue weighted by Crippen LogP contribution is 2.29. The second-order valence-corrected chi connectivity index (χ2v) is 3.39. The Hall–Kier alpha value is -1.23. The SMILES string of the molecule is CCOC(=O)C1=Nc2scnc2C1. The standard InChI is InChI=1S/C8H8N2O2S/c1-2-12-8(11)6-3-5-7(10-6)13-4-9-5/h4H,2-3H2,1H3.